The first-order valence-corrected chi connectivity index (χ1v) is 3.27. The fraction of sp³-hybridized carbons (Fsp3) is 1.00. The van der Waals surface area contributed by atoms with Gasteiger partial charge in [-0.3, -0.25) is 0 Å². The van der Waals surface area contributed by atoms with Gasteiger partial charge in [0.15, 0.2) is 0 Å². The van der Waals surface area contributed by atoms with Crippen molar-refractivity contribution in [3.63, 3.8) is 0 Å². The first-order chi connectivity index (χ1) is 4.43. The normalized spacial score (nSPS) is 27.0. The van der Waals surface area contributed by atoms with Crippen molar-refractivity contribution in [2.45, 2.75) is 6.42 Å². The van der Waals surface area contributed by atoms with Crippen molar-refractivity contribution >= 4 is 0 Å². The second kappa shape index (κ2) is 3.82. The third kappa shape index (κ3) is 2.30. The fourth-order valence-corrected chi connectivity index (χ4v) is 0.946. The first kappa shape index (κ1) is 6.99. The Labute approximate surface area is 55.3 Å². The number of hydrogen-bond acceptors (Lipinski definition) is 3. The van der Waals surface area contributed by atoms with Crippen LogP contribution in [0.4, 0.5) is 0 Å². The van der Waals surface area contributed by atoms with Crippen LogP contribution in [0.5, 0.6) is 0 Å². The van der Waals surface area contributed by atoms with Crippen molar-refractivity contribution in [2.24, 2.45) is 5.92 Å². The van der Waals surface area contributed by atoms with Crippen LogP contribution in [0.25, 0.3) is 0 Å². The lowest BCUT2D eigenvalue weighted by Crippen LogP contribution is -2.21. The summed E-state index contributed by atoms with van der Waals surface area (Å²) >= 11 is 0. The van der Waals surface area contributed by atoms with Crippen LogP contribution in [0.15, 0.2) is 0 Å². The molecule has 1 atom stereocenters. The Kier molecular flexibility index (Phi) is 2.97. The summed E-state index contributed by atoms with van der Waals surface area (Å²) in [4.78, 5) is 4.70. The van der Waals surface area contributed by atoms with E-state index in [4.69, 9.17) is 9.57 Å². The molecule has 3 heteroatoms. The summed E-state index contributed by atoms with van der Waals surface area (Å²) in [6.07, 6.45) is 1.16. The maximum absolute atomic E-state index is 5.16. The molecule has 1 aliphatic heterocycles. The molecule has 0 saturated carbocycles. The average molecular weight is 131 g/mol. The van der Waals surface area contributed by atoms with Crippen molar-refractivity contribution in [3.8, 4) is 0 Å². The van der Waals surface area contributed by atoms with E-state index in [-0.39, 0.29) is 0 Å². The average Bonchev–Trinajstić information content (AvgIpc) is 2.34. The van der Waals surface area contributed by atoms with Gasteiger partial charge in [-0.25, -0.2) is 5.48 Å². The topological polar surface area (TPSA) is 30.5 Å². The molecule has 0 aliphatic carbocycles. The van der Waals surface area contributed by atoms with Gasteiger partial charge in [-0.1, -0.05) is 0 Å². The Balaban J connectivity index is 1.98. The highest BCUT2D eigenvalue weighted by atomic mass is 16.6. The lowest BCUT2D eigenvalue weighted by atomic mass is 10.1. The van der Waals surface area contributed by atoms with Gasteiger partial charge in [0, 0.05) is 13.2 Å². The van der Waals surface area contributed by atoms with E-state index >= 15 is 0 Å². The van der Waals surface area contributed by atoms with Crippen LogP contribution in [-0.4, -0.2) is 26.9 Å². The van der Waals surface area contributed by atoms with Crippen molar-refractivity contribution < 1.29 is 9.57 Å². The van der Waals surface area contributed by atoms with Gasteiger partial charge in [0.05, 0.1) is 13.7 Å². The first-order valence-electron chi connectivity index (χ1n) is 3.27. The minimum atomic E-state index is 0.657. The van der Waals surface area contributed by atoms with Crippen molar-refractivity contribution in [2.75, 3.05) is 26.9 Å². The predicted molar refractivity (Wildman–Crippen MR) is 33.9 cm³/mol. The second-order valence-electron chi connectivity index (χ2n) is 2.28. The molecule has 1 saturated heterocycles. The third-order valence-electron chi connectivity index (χ3n) is 1.54. The van der Waals surface area contributed by atoms with Gasteiger partial charge in [0.1, 0.15) is 0 Å². The van der Waals surface area contributed by atoms with Gasteiger partial charge in [0.25, 0.3) is 0 Å². The predicted octanol–water partition coefficient (Wildman–Crippen LogP) is 0.174. The molecule has 1 heterocycles. The molecule has 3 nitrogen and oxygen atoms in total. The second-order valence-corrected chi connectivity index (χ2v) is 2.28. The minimum absolute atomic E-state index is 0.657. The molecule has 54 valence electrons. The summed E-state index contributed by atoms with van der Waals surface area (Å²) in [6, 6.07) is 0. The molecule has 9 heavy (non-hydrogen) atoms. The van der Waals surface area contributed by atoms with Crippen LogP contribution >= 0.6 is 0 Å². The number of ether oxygens (including phenoxy) is 1. The van der Waals surface area contributed by atoms with Crippen molar-refractivity contribution in [1.82, 2.24) is 5.48 Å². The molecule has 1 rings (SSSR count). The molecule has 1 fully saturated rings. The van der Waals surface area contributed by atoms with Crippen LogP contribution in [-0.2, 0) is 9.57 Å². The third-order valence-corrected chi connectivity index (χ3v) is 1.54. The number of hydroxylamine groups is 1. The largest absolute Gasteiger partial charge is 0.381 e. The Morgan fingerprint density at radius 3 is 3.22 bits per heavy atom. The zero-order valence-electron chi connectivity index (χ0n) is 5.72. The summed E-state index contributed by atoms with van der Waals surface area (Å²) in [5.74, 6) is 0.657. The van der Waals surface area contributed by atoms with E-state index in [0.717, 1.165) is 26.2 Å². The summed E-state index contributed by atoms with van der Waals surface area (Å²) in [5, 5.41) is 0. The molecule has 1 aliphatic rings. The van der Waals surface area contributed by atoms with Crippen molar-refractivity contribution in [3.05, 3.63) is 0 Å². The minimum Gasteiger partial charge on any atom is -0.381 e. The maximum Gasteiger partial charge on any atom is 0.0572 e. The van der Waals surface area contributed by atoms with Gasteiger partial charge in [-0.15, -0.1) is 0 Å². The molecule has 0 spiro atoms. The molecule has 0 aromatic rings. The highest BCUT2D eigenvalue weighted by Crippen LogP contribution is 2.09. The van der Waals surface area contributed by atoms with Crippen LogP contribution in [0.1, 0.15) is 6.42 Å². The lowest BCUT2D eigenvalue weighted by Gasteiger charge is -2.05. The molecule has 0 radical (unpaired) electrons. The quantitative estimate of drug-likeness (QED) is 0.554. The fourth-order valence-electron chi connectivity index (χ4n) is 0.946. The van der Waals surface area contributed by atoms with Gasteiger partial charge >= 0.3 is 0 Å². The van der Waals surface area contributed by atoms with Gasteiger partial charge in [-0.05, 0) is 12.3 Å². The molecule has 0 unspecified atom stereocenters. The van der Waals surface area contributed by atoms with E-state index in [2.05, 4.69) is 5.48 Å². The van der Waals surface area contributed by atoms with Crippen LogP contribution in [0.3, 0.4) is 0 Å². The summed E-state index contributed by atoms with van der Waals surface area (Å²) in [5.41, 5.74) is 2.81. The van der Waals surface area contributed by atoms with E-state index in [9.17, 15) is 0 Å². The molecule has 0 aromatic carbocycles. The zero-order valence-corrected chi connectivity index (χ0v) is 5.72. The van der Waals surface area contributed by atoms with E-state index < -0.39 is 0 Å². The number of hydrogen-bond donors (Lipinski definition) is 1. The molecular weight excluding hydrogens is 118 g/mol. The Morgan fingerprint density at radius 2 is 2.67 bits per heavy atom. The highest BCUT2D eigenvalue weighted by Gasteiger charge is 2.14. The van der Waals surface area contributed by atoms with Crippen LogP contribution in [0.2, 0.25) is 0 Å². The van der Waals surface area contributed by atoms with E-state index in [1.807, 2.05) is 0 Å². The molecular formula is C6H13NO2. The number of rotatable bonds is 3. The molecule has 0 aromatic heterocycles. The summed E-state index contributed by atoms with van der Waals surface area (Å²) in [7, 11) is 1.63. The Hall–Kier alpha value is -0.120. The lowest BCUT2D eigenvalue weighted by molar-refractivity contribution is 0.0766. The van der Waals surface area contributed by atoms with E-state index in [1.165, 1.54) is 0 Å². The molecule has 0 bridgehead atoms. The van der Waals surface area contributed by atoms with Crippen LogP contribution < -0.4 is 5.48 Å². The standard InChI is InChI=1S/C6H13NO2/c1-8-7-4-6-2-3-9-5-6/h6-7H,2-5H2,1H3/t6-/m0/s1. The van der Waals surface area contributed by atoms with Crippen LogP contribution in [0, 0.1) is 5.92 Å². The zero-order chi connectivity index (χ0) is 6.53. The SMILES string of the molecule is CONC[C@@H]1CCOC1. The van der Waals surface area contributed by atoms with Gasteiger partial charge in [0.2, 0.25) is 0 Å². The maximum atomic E-state index is 5.16. The Bertz CT molecular complexity index is 71.5. The highest BCUT2D eigenvalue weighted by molar-refractivity contribution is 4.63. The van der Waals surface area contributed by atoms with Crippen molar-refractivity contribution in [1.29, 1.82) is 0 Å². The molecule has 0 amide bonds. The number of nitrogens with one attached hydrogen (secondary N) is 1. The smallest absolute Gasteiger partial charge is 0.0572 e. The van der Waals surface area contributed by atoms with E-state index in [0.29, 0.717) is 5.92 Å². The molecule has 1 N–H and O–H groups in total. The monoisotopic (exact) mass is 131 g/mol. The van der Waals surface area contributed by atoms with E-state index in [1.54, 1.807) is 7.11 Å². The Morgan fingerprint density at radius 1 is 1.78 bits per heavy atom. The summed E-state index contributed by atoms with van der Waals surface area (Å²) in [6.45, 7) is 2.71. The summed E-state index contributed by atoms with van der Waals surface area (Å²) < 4.78 is 5.16. The van der Waals surface area contributed by atoms with Gasteiger partial charge < -0.3 is 9.57 Å². The van der Waals surface area contributed by atoms with Gasteiger partial charge in [-0.2, -0.15) is 0 Å².